The molecule has 2 unspecified atom stereocenters. The lowest BCUT2D eigenvalue weighted by Crippen LogP contribution is -2.37. The summed E-state index contributed by atoms with van der Waals surface area (Å²) in [6.07, 6.45) is -1.10. The Balaban J connectivity index is 2.35. The number of fused-ring (bicyclic) bond motifs is 1. The van der Waals surface area contributed by atoms with Crippen molar-refractivity contribution in [1.29, 1.82) is 0 Å². The van der Waals surface area contributed by atoms with Crippen LogP contribution in [0.3, 0.4) is 0 Å². The summed E-state index contributed by atoms with van der Waals surface area (Å²) in [4.78, 5) is 24.2. The minimum absolute atomic E-state index is 0.0140. The van der Waals surface area contributed by atoms with Crippen LogP contribution in [0.2, 0.25) is 0 Å². The van der Waals surface area contributed by atoms with Crippen LogP contribution in [0.1, 0.15) is 40.5 Å². The van der Waals surface area contributed by atoms with E-state index in [4.69, 9.17) is 18.9 Å². The molecule has 7 heteroatoms. The van der Waals surface area contributed by atoms with Crippen molar-refractivity contribution in [3.63, 3.8) is 0 Å². The molecule has 0 radical (unpaired) electrons. The highest BCUT2D eigenvalue weighted by Gasteiger charge is 2.42. The van der Waals surface area contributed by atoms with Crippen molar-refractivity contribution in [1.82, 2.24) is 0 Å². The van der Waals surface area contributed by atoms with Gasteiger partial charge in [-0.25, -0.2) is 0 Å². The quantitative estimate of drug-likeness (QED) is 0.621. The van der Waals surface area contributed by atoms with E-state index >= 15 is 0 Å². The van der Waals surface area contributed by atoms with Crippen molar-refractivity contribution in [2.45, 2.75) is 53.1 Å². The van der Waals surface area contributed by atoms with Crippen molar-refractivity contribution in [2.24, 2.45) is 5.92 Å². The maximum atomic E-state index is 12.3. The van der Waals surface area contributed by atoms with E-state index in [1.165, 1.54) is 0 Å². The fourth-order valence-electron chi connectivity index (χ4n) is 3.11. The van der Waals surface area contributed by atoms with Gasteiger partial charge in [0.1, 0.15) is 6.61 Å². The van der Waals surface area contributed by atoms with Gasteiger partial charge in [-0.15, -0.1) is 0 Å². The number of carbonyl (C=O) groups excluding carboxylic acids is 2. The van der Waals surface area contributed by atoms with Gasteiger partial charge in [0.15, 0.2) is 18.4 Å². The number of esters is 1. The van der Waals surface area contributed by atoms with Gasteiger partial charge in [-0.2, -0.15) is 0 Å². The predicted molar refractivity (Wildman–Crippen MR) is 93.1 cm³/mol. The zero-order chi connectivity index (χ0) is 19.3. The molecule has 0 aromatic heterocycles. The molecule has 1 aliphatic carbocycles. The number of ketones is 1. The molecule has 146 valence electrons. The Morgan fingerprint density at radius 3 is 2.46 bits per heavy atom. The molecule has 0 aromatic carbocycles. The van der Waals surface area contributed by atoms with E-state index in [-0.39, 0.29) is 37.3 Å². The summed E-state index contributed by atoms with van der Waals surface area (Å²) in [5, 5.41) is 9.61. The molecule has 0 spiro atoms. The Kier molecular flexibility index (Phi) is 7.52. The molecule has 0 bridgehead atoms. The van der Waals surface area contributed by atoms with Crippen molar-refractivity contribution in [3.05, 3.63) is 22.3 Å². The van der Waals surface area contributed by atoms with Gasteiger partial charge >= 0.3 is 5.97 Å². The zero-order valence-corrected chi connectivity index (χ0v) is 15.9. The molecule has 1 aliphatic heterocycles. The fraction of sp³-hybridized carbons (Fsp3) is 0.684. The highest BCUT2D eigenvalue weighted by atomic mass is 16.8. The lowest BCUT2D eigenvalue weighted by molar-refractivity contribution is -0.220. The Morgan fingerprint density at radius 2 is 1.88 bits per heavy atom. The number of hydrogen-bond donors (Lipinski definition) is 1. The summed E-state index contributed by atoms with van der Waals surface area (Å²) in [5.41, 5.74) is 2.14. The van der Waals surface area contributed by atoms with Gasteiger partial charge in [-0.1, -0.05) is 13.8 Å². The Morgan fingerprint density at radius 1 is 1.23 bits per heavy atom. The van der Waals surface area contributed by atoms with E-state index in [1.54, 1.807) is 0 Å². The van der Waals surface area contributed by atoms with Gasteiger partial charge in [-0.05, 0) is 25.3 Å². The summed E-state index contributed by atoms with van der Waals surface area (Å²) >= 11 is 0. The van der Waals surface area contributed by atoms with Gasteiger partial charge in [0, 0.05) is 42.8 Å². The van der Waals surface area contributed by atoms with Gasteiger partial charge in [0.25, 0.3) is 0 Å². The first kappa shape index (κ1) is 20.8. The fourth-order valence-corrected chi connectivity index (χ4v) is 3.11. The first-order chi connectivity index (χ1) is 12.4. The van der Waals surface area contributed by atoms with Gasteiger partial charge in [0.2, 0.25) is 0 Å². The van der Waals surface area contributed by atoms with E-state index in [9.17, 15) is 14.7 Å². The second-order valence-corrected chi connectivity index (χ2v) is 6.62. The number of ether oxygens (including phenoxy) is 4. The molecule has 0 fully saturated rings. The topological polar surface area (TPSA) is 91.3 Å². The smallest absolute Gasteiger partial charge is 0.306 e. The van der Waals surface area contributed by atoms with E-state index in [2.05, 4.69) is 0 Å². The highest BCUT2D eigenvalue weighted by molar-refractivity contribution is 6.03. The highest BCUT2D eigenvalue weighted by Crippen LogP contribution is 2.41. The third-order valence-electron chi connectivity index (χ3n) is 4.24. The minimum atomic E-state index is -0.782. The minimum Gasteiger partial charge on any atom is -0.461 e. The Labute approximate surface area is 153 Å². The third kappa shape index (κ3) is 4.59. The van der Waals surface area contributed by atoms with Crippen LogP contribution < -0.4 is 0 Å². The van der Waals surface area contributed by atoms with E-state index in [0.29, 0.717) is 41.9 Å². The molecule has 0 aromatic rings. The number of rotatable bonds is 9. The van der Waals surface area contributed by atoms with Crippen LogP contribution >= 0.6 is 0 Å². The largest absolute Gasteiger partial charge is 0.461 e. The van der Waals surface area contributed by atoms with Gasteiger partial charge in [0.05, 0.1) is 6.61 Å². The molecular weight excluding hydrogens is 340 g/mol. The summed E-state index contributed by atoms with van der Waals surface area (Å²) in [6, 6.07) is 0. The Hall–Kier alpha value is -1.54. The van der Waals surface area contributed by atoms with Crippen LogP contribution in [0.25, 0.3) is 0 Å². The van der Waals surface area contributed by atoms with Crippen LogP contribution in [0, 0.1) is 5.92 Å². The molecule has 1 heterocycles. The van der Waals surface area contributed by atoms with Crippen LogP contribution in [-0.2, 0) is 28.5 Å². The number of hydrogen-bond acceptors (Lipinski definition) is 7. The molecule has 2 rings (SSSR count). The monoisotopic (exact) mass is 368 g/mol. The second-order valence-electron chi connectivity index (χ2n) is 6.62. The standard InChI is InChI=1S/C19H28O7/c1-5-23-18-14(10-25-16(22)7-11(3)4)12-8-15(21)13(9-20)17(12)19(26-18)24-6-2/h11,18-20H,5-10H2,1-4H3. The lowest BCUT2D eigenvalue weighted by atomic mass is 9.97. The summed E-state index contributed by atoms with van der Waals surface area (Å²) in [6.45, 7) is 7.90. The number of aliphatic hydroxyl groups is 1. The van der Waals surface area contributed by atoms with Crippen molar-refractivity contribution in [3.8, 4) is 0 Å². The number of Topliss-reactive ketones (excluding diaryl/α,β-unsaturated/α-hetero) is 1. The van der Waals surface area contributed by atoms with E-state index in [1.807, 2.05) is 27.7 Å². The van der Waals surface area contributed by atoms with Crippen molar-refractivity contribution >= 4 is 11.8 Å². The molecule has 1 N–H and O–H groups in total. The van der Waals surface area contributed by atoms with Crippen molar-refractivity contribution in [2.75, 3.05) is 26.4 Å². The molecule has 0 saturated heterocycles. The molecule has 2 atom stereocenters. The van der Waals surface area contributed by atoms with Crippen LogP contribution in [0.4, 0.5) is 0 Å². The Bertz CT molecular complexity index is 603. The molecular formula is C19H28O7. The third-order valence-corrected chi connectivity index (χ3v) is 4.24. The van der Waals surface area contributed by atoms with Crippen molar-refractivity contribution < 1.29 is 33.6 Å². The van der Waals surface area contributed by atoms with Crippen LogP contribution in [0.5, 0.6) is 0 Å². The molecule has 0 amide bonds. The SMILES string of the molecule is CCOC1OC(OCC)C2=C(CO)C(=O)CC2=C1COC(=O)CC(C)C. The van der Waals surface area contributed by atoms with Crippen LogP contribution in [-0.4, -0.2) is 55.9 Å². The maximum absolute atomic E-state index is 12.3. The first-order valence-corrected chi connectivity index (χ1v) is 9.06. The van der Waals surface area contributed by atoms with Crippen LogP contribution in [0.15, 0.2) is 22.3 Å². The zero-order valence-electron chi connectivity index (χ0n) is 15.9. The molecule has 26 heavy (non-hydrogen) atoms. The molecule has 2 aliphatic rings. The molecule has 0 saturated carbocycles. The predicted octanol–water partition coefficient (Wildman–Crippen LogP) is 1.89. The van der Waals surface area contributed by atoms with Gasteiger partial charge < -0.3 is 24.1 Å². The average molecular weight is 368 g/mol. The van der Waals surface area contributed by atoms with E-state index in [0.717, 1.165) is 0 Å². The van der Waals surface area contributed by atoms with Gasteiger partial charge in [-0.3, -0.25) is 9.59 Å². The normalized spacial score (nSPS) is 23.1. The number of carbonyl (C=O) groups is 2. The summed E-state index contributed by atoms with van der Waals surface area (Å²) in [7, 11) is 0. The lowest BCUT2D eigenvalue weighted by Gasteiger charge is -2.34. The first-order valence-electron chi connectivity index (χ1n) is 9.06. The molecule has 7 nitrogen and oxygen atoms in total. The maximum Gasteiger partial charge on any atom is 0.306 e. The summed E-state index contributed by atoms with van der Waals surface area (Å²) in [5.74, 6) is -0.293. The average Bonchev–Trinajstić information content (AvgIpc) is 2.90. The summed E-state index contributed by atoms with van der Waals surface area (Å²) < 4.78 is 22.5. The van der Waals surface area contributed by atoms with E-state index < -0.39 is 12.6 Å². The second kappa shape index (κ2) is 9.41. The number of aliphatic hydroxyl groups excluding tert-OH is 1.